The van der Waals surface area contributed by atoms with Gasteiger partial charge in [-0.2, -0.15) is 0 Å². The predicted molar refractivity (Wildman–Crippen MR) is 78.0 cm³/mol. The maximum absolute atomic E-state index is 11.5. The summed E-state index contributed by atoms with van der Waals surface area (Å²) in [4.78, 5) is 0.115. The zero-order valence-electron chi connectivity index (χ0n) is 11.6. The zero-order valence-corrected chi connectivity index (χ0v) is 13.2. The second-order valence-corrected chi connectivity index (χ2v) is 7.62. The summed E-state index contributed by atoms with van der Waals surface area (Å²) in [6, 6.07) is 4.79. The monoisotopic (exact) mass is 318 g/mol. The second-order valence-electron chi connectivity index (χ2n) is 5.05. The lowest BCUT2D eigenvalue weighted by Gasteiger charge is -2.19. The SMILES string of the molecule is CCC(C)c1cc(S(=O)(=O)Cl)ccc1OC1CCOC1. The summed E-state index contributed by atoms with van der Waals surface area (Å²) in [7, 11) is 1.69. The maximum Gasteiger partial charge on any atom is 0.261 e. The Morgan fingerprint density at radius 1 is 1.50 bits per heavy atom. The van der Waals surface area contributed by atoms with Crippen LogP contribution < -0.4 is 4.74 Å². The van der Waals surface area contributed by atoms with Crippen LogP contribution in [0.5, 0.6) is 5.75 Å². The van der Waals surface area contributed by atoms with E-state index >= 15 is 0 Å². The van der Waals surface area contributed by atoms with Crippen molar-refractivity contribution >= 4 is 19.7 Å². The van der Waals surface area contributed by atoms with Crippen molar-refractivity contribution in [1.29, 1.82) is 0 Å². The van der Waals surface area contributed by atoms with Crippen molar-refractivity contribution in [2.45, 2.75) is 43.6 Å². The number of halogens is 1. The van der Waals surface area contributed by atoms with Crippen LogP contribution in [0.4, 0.5) is 0 Å². The molecular formula is C14H19ClO4S. The molecule has 1 saturated heterocycles. The molecule has 0 aliphatic carbocycles. The molecule has 112 valence electrons. The first-order valence-corrected chi connectivity index (χ1v) is 9.05. The van der Waals surface area contributed by atoms with Gasteiger partial charge in [-0.25, -0.2) is 8.42 Å². The number of rotatable bonds is 5. The summed E-state index contributed by atoms with van der Waals surface area (Å²) in [5.74, 6) is 0.921. The molecule has 20 heavy (non-hydrogen) atoms. The van der Waals surface area contributed by atoms with E-state index in [4.69, 9.17) is 20.2 Å². The van der Waals surface area contributed by atoms with Gasteiger partial charge in [0.1, 0.15) is 11.9 Å². The Bertz CT molecular complexity index is 565. The van der Waals surface area contributed by atoms with Crippen molar-refractivity contribution in [2.24, 2.45) is 0 Å². The van der Waals surface area contributed by atoms with E-state index in [2.05, 4.69) is 6.92 Å². The highest BCUT2D eigenvalue weighted by atomic mass is 35.7. The van der Waals surface area contributed by atoms with Gasteiger partial charge < -0.3 is 9.47 Å². The van der Waals surface area contributed by atoms with Crippen molar-refractivity contribution in [3.63, 3.8) is 0 Å². The topological polar surface area (TPSA) is 52.6 Å². The molecule has 1 aromatic carbocycles. The molecular weight excluding hydrogens is 300 g/mol. The highest BCUT2D eigenvalue weighted by Crippen LogP contribution is 2.33. The molecule has 0 radical (unpaired) electrons. The van der Waals surface area contributed by atoms with Crippen LogP contribution in [0.25, 0.3) is 0 Å². The molecule has 0 N–H and O–H groups in total. The van der Waals surface area contributed by atoms with Gasteiger partial charge in [0.15, 0.2) is 0 Å². The van der Waals surface area contributed by atoms with Crippen LogP contribution in [0.1, 0.15) is 38.2 Å². The summed E-state index contributed by atoms with van der Waals surface area (Å²) in [6.45, 7) is 5.37. The van der Waals surface area contributed by atoms with Gasteiger partial charge in [-0.05, 0) is 36.1 Å². The van der Waals surface area contributed by atoms with E-state index in [-0.39, 0.29) is 16.9 Å². The van der Waals surface area contributed by atoms with E-state index < -0.39 is 9.05 Å². The molecule has 1 fully saturated rings. The third kappa shape index (κ3) is 3.65. The lowest BCUT2D eigenvalue weighted by Crippen LogP contribution is -2.17. The van der Waals surface area contributed by atoms with Gasteiger partial charge in [-0.3, -0.25) is 0 Å². The Balaban J connectivity index is 2.34. The predicted octanol–water partition coefficient (Wildman–Crippen LogP) is 3.30. The Morgan fingerprint density at radius 2 is 2.25 bits per heavy atom. The summed E-state index contributed by atoms with van der Waals surface area (Å²) in [6.07, 6.45) is 1.79. The Kier molecular flexibility index (Phi) is 4.94. The zero-order chi connectivity index (χ0) is 14.8. The van der Waals surface area contributed by atoms with E-state index in [1.165, 1.54) is 6.07 Å². The summed E-state index contributed by atoms with van der Waals surface area (Å²) < 4.78 is 34.1. The van der Waals surface area contributed by atoms with Gasteiger partial charge in [0, 0.05) is 17.1 Å². The fourth-order valence-electron chi connectivity index (χ4n) is 2.18. The highest BCUT2D eigenvalue weighted by molar-refractivity contribution is 8.13. The number of hydrogen-bond donors (Lipinski definition) is 0. The van der Waals surface area contributed by atoms with Crippen molar-refractivity contribution in [3.05, 3.63) is 23.8 Å². The lowest BCUT2D eigenvalue weighted by molar-refractivity contribution is 0.140. The molecule has 1 heterocycles. The minimum atomic E-state index is -3.72. The third-order valence-corrected chi connectivity index (χ3v) is 4.94. The Morgan fingerprint density at radius 3 is 2.80 bits per heavy atom. The van der Waals surface area contributed by atoms with Gasteiger partial charge in [0.05, 0.1) is 18.1 Å². The summed E-state index contributed by atoms with van der Waals surface area (Å²) in [5, 5.41) is 0. The van der Waals surface area contributed by atoms with Crippen molar-refractivity contribution < 1.29 is 17.9 Å². The average molecular weight is 319 g/mol. The fraction of sp³-hybridized carbons (Fsp3) is 0.571. The second kappa shape index (κ2) is 6.33. The van der Waals surface area contributed by atoms with Gasteiger partial charge in [-0.1, -0.05) is 13.8 Å². The van der Waals surface area contributed by atoms with E-state index in [1.807, 2.05) is 6.92 Å². The first kappa shape index (κ1) is 15.6. The molecule has 4 nitrogen and oxygen atoms in total. The van der Waals surface area contributed by atoms with Crippen LogP contribution in [0, 0.1) is 0 Å². The minimum Gasteiger partial charge on any atom is -0.488 e. The van der Waals surface area contributed by atoms with E-state index in [0.717, 1.165) is 24.2 Å². The quantitative estimate of drug-likeness (QED) is 0.782. The van der Waals surface area contributed by atoms with Crippen LogP contribution in [-0.4, -0.2) is 27.7 Å². The average Bonchev–Trinajstić information content (AvgIpc) is 2.90. The molecule has 1 aliphatic rings. The lowest BCUT2D eigenvalue weighted by atomic mass is 9.97. The number of benzene rings is 1. The molecule has 6 heteroatoms. The molecule has 0 spiro atoms. The molecule has 0 amide bonds. The van der Waals surface area contributed by atoms with Gasteiger partial charge in [0.2, 0.25) is 0 Å². The summed E-state index contributed by atoms with van der Waals surface area (Å²) >= 11 is 0. The largest absolute Gasteiger partial charge is 0.488 e. The van der Waals surface area contributed by atoms with Crippen LogP contribution in [-0.2, 0) is 13.8 Å². The highest BCUT2D eigenvalue weighted by Gasteiger charge is 2.21. The van der Waals surface area contributed by atoms with Crippen LogP contribution in [0.15, 0.2) is 23.1 Å². The first-order chi connectivity index (χ1) is 9.41. The molecule has 0 saturated carbocycles. The molecule has 2 rings (SSSR count). The third-order valence-electron chi connectivity index (χ3n) is 3.59. The normalized spacial score (nSPS) is 20.9. The molecule has 2 unspecified atom stereocenters. The van der Waals surface area contributed by atoms with E-state index in [9.17, 15) is 8.42 Å². The van der Waals surface area contributed by atoms with Crippen LogP contribution >= 0.6 is 10.7 Å². The standard InChI is InChI=1S/C14H19ClO4S/c1-3-10(2)13-8-12(20(15,16)17)4-5-14(13)19-11-6-7-18-9-11/h4-5,8,10-11H,3,6-7,9H2,1-2H3. The Labute approximate surface area is 124 Å². The molecule has 2 atom stereocenters. The van der Waals surface area contributed by atoms with Crippen LogP contribution in [0.2, 0.25) is 0 Å². The molecule has 1 aliphatic heterocycles. The van der Waals surface area contributed by atoms with Crippen molar-refractivity contribution in [3.8, 4) is 5.75 Å². The van der Waals surface area contributed by atoms with Crippen molar-refractivity contribution in [2.75, 3.05) is 13.2 Å². The Hall–Kier alpha value is -0.780. The fourth-order valence-corrected chi connectivity index (χ4v) is 2.96. The number of ether oxygens (including phenoxy) is 2. The number of hydrogen-bond acceptors (Lipinski definition) is 4. The first-order valence-electron chi connectivity index (χ1n) is 6.74. The minimum absolute atomic E-state index is 0.0382. The maximum atomic E-state index is 11.5. The van der Waals surface area contributed by atoms with E-state index in [0.29, 0.717) is 13.2 Å². The molecule has 0 aromatic heterocycles. The van der Waals surface area contributed by atoms with Crippen LogP contribution in [0.3, 0.4) is 0 Å². The summed E-state index contributed by atoms with van der Waals surface area (Å²) in [5.41, 5.74) is 0.876. The molecule has 0 bridgehead atoms. The van der Waals surface area contributed by atoms with Gasteiger partial charge in [0.25, 0.3) is 9.05 Å². The van der Waals surface area contributed by atoms with E-state index in [1.54, 1.807) is 12.1 Å². The van der Waals surface area contributed by atoms with Gasteiger partial charge in [-0.15, -0.1) is 0 Å². The van der Waals surface area contributed by atoms with Crippen molar-refractivity contribution in [1.82, 2.24) is 0 Å². The smallest absolute Gasteiger partial charge is 0.261 e. The molecule has 1 aromatic rings. The van der Waals surface area contributed by atoms with Gasteiger partial charge >= 0.3 is 0 Å².